The zero-order valence-electron chi connectivity index (χ0n) is 14.1. The summed E-state index contributed by atoms with van der Waals surface area (Å²) in [6.07, 6.45) is 0. The van der Waals surface area contributed by atoms with Crippen LogP contribution in [0.25, 0.3) is 0 Å². The molecule has 0 radical (unpaired) electrons. The number of benzene rings is 2. The molecule has 2 aromatic rings. The number of methoxy groups -OCH3 is 2. The average molecular weight is 346 g/mol. The van der Waals surface area contributed by atoms with E-state index in [1.54, 1.807) is 19.1 Å². The topological polar surface area (TPSA) is 99.9 Å². The van der Waals surface area contributed by atoms with Crippen molar-refractivity contribution in [3.63, 3.8) is 0 Å². The van der Waals surface area contributed by atoms with E-state index in [2.05, 4.69) is 5.32 Å². The van der Waals surface area contributed by atoms with Crippen LogP contribution >= 0.6 is 0 Å². The lowest BCUT2D eigenvalue weighted by Gasteiger charge is -2.10. The van der Waals surface area contributed by atoms with Gasteiger partial charge in [0.1, 0.15) is 22.9 Å². The highest BCUT2D eigenvalue weighted by atomic mass is 16.6. The summed E-state index contributed by atoms with van der Waals surface area (Å²) in [4.78, 5) is 23.1. The van der Waals surface area contributed by atoms with Crippen molar-refractivity contribution in [1.29, 1.82) is 0 Å². The van der Waals surface area contributed by atoms with Crippen LogP contribution in [-0.4, -0.2) is 31.7 Å². The zero-order valence-corrected chi connectivity index (χ0v) is 14.1. The molecule has 25 heavy (non-hydrogen) atoms. The van der Waals surface area contributed by atoms with Crippen LogP contribution < -0.4 is 19.5 Å². The number of hydrogen-bond acceptors (Lipinski definition) is 6. The van der Waals surface area contributed by atoms with E-state index < -0.39 is 10.8 Å². The van der Waals surface area contributed by atoms with Crippen molar-refractivity contribution in [1.82, 2.24) is 0 Å². The normalized spacial score (nSPS) is 10.0. The van der Waals surface area contributed by atoms with Gasteiger partial charge in [-0.3, -0.25) is 14.9 Å². The van der Waals surface area contributed by atoms with Crippen molar-refractivity contribution in [2.45, 2.75) is 6.92 Å². The van der Waals surface area contributed by atoms with Gasteiger partial charge in [-0.05, 0) is 31.2 Å². The maximum absolute atomic E-state index is 12.5. The van der Waals surface area contributed by atoms with Gasteiger partial charge in [0.2, 0.25) is 0 Å². The fourth-order valence-electron chi connectivity index (χ4n) is 2.16. The molecule has 0 aromatic heterocycles. The molecule has 8 heteroatoms. The number of anilines is 1. The van der Waals surface area contributed by atoms with Gasteiger partial charge in [0.05, 0.1) is 31.8 Å². The minimum Gasteiger partial charge on any atom is -0.497 e. The first-order valence-corrected chi connectivity index (χ1v) is 7.44. The molecule has 8 nitrogen and oxygen atoms in total. The summed E-state index contributed by atoms with van der Waals surface area (Å²) in [6.45, 7) is 2.16. The third-order valence-corrected chi connectivity index (χ3v) is 3.34. The van der Waals surface area contributed by atoms with Crippen molar-refractivity contribution in [3.8, 4) is 17.2 Å². The molecular weight excluding hydrogens is 328 g/mol. The highest BCUT2D eigenvalue weighted by molar-refractivity contribution is 6.06. The fraction of sp³-hybridized carbons (Fsp3) is 0.235. The van der Waals surface area contributed by atoms with Crippen molar-refractivity contribution in [3.05, 3.63) is 52.1 Å². The Kier molecular flexibility index (Phi) is 5.78. The number of nitro benzene ring substituents is 1. The first kappa shape index (κ1) is 18.1. The molecule has 132 valence electrons. The van der Waals surface area contributed by atoms with Gasteiger partial charge in [0.15, 0.2) is 0 Å². The quantitative estimate of drug-likeness (QED) is 0.610. The fourth-order valence-corrected chi connectivity index (χ4v) is 2.16. The van der Waals surface area contributed by atoms with E-state index in [1.165, 1.54) is 38.5 Å². The average Bonchev–Trinajstić information content (AvgIpc) is 2.62. The van der Waals surface area contributed by atoms with E-state index in [9.17, 15) is 14.9 Å². The number of nitrogens with one attached hydrogen (secondary N) is 1. The third-order valence-electron chi connectivity index (χ3n) is 3.34. The summed E-state index contributed by atoms with van der Waals surface area (Å²) in [5.74, 6) is 0.705. The maximum Gasteiger partial charge on any atom is 0.296 e. The lowest BCUT2D eigenvalue weighted by molar-refractivity contribution is -0.384. The molecule has 0 aliphatic rings. The lowest BCUT2D eigenvalue weighted by atomic mass is 10.1. The van der Waals surface area contributed by atoms with Gasteiger partial charge in [-0.2, -0.15) is 0 Å². The van der Waals surface area contributed by atoms with Crippen LogP contribution in [0.1, 0.15) is 17.3 Å². The molecule has 0 fully saturated rings. The summed E-state index contributed by atoms with van der Waals surface area (Å²) in [7, 11) is 2.93. The van der Waals surface area contributed by atoms with Crippen LogP contribution in [0.2, 0.25) is 0 Å². The summed E-state index contributed by atoms with van der Waals surface area (Å²) in [6, 6.07) is 8.90. The summed E-state index contributed by atoms with van der Waals surface area (Å²) in [5, 5.41) is 13.8. The number of rotatable bonds is 7. The van der Waals surface area contributed by atoms with Crippen LogP contribution in [0, 0.1) is 10.1 Å². The second-order valence-electron chi connectivity index (χ2n) is 4.92. The second kappa shape index (κ2) is 8.00. The highest BCUT2D eigenvalue weighted by Gasteiger charge is 2.19. The molecule has 0 unspecified atom stereocenters. The van der Waals surface area contributed by atoms with Gasteiger partial charge in [-0.1, -0.05) is 0 Å². The first-order chi connectivity index (χ1) is 12.0. The Morgan fingerprint density at radius 1 is 1.08 bits per heavy atom. The molecule has 0 aliphatic heterocycles. The van der Waals surface area contributed by atoms with Crippen molar-refractivity contribution < 1.29 is 23.9 Å². The number of carbonyl (C=O) groups is 1. The van der Waals surface area contributed by atoms with E-state index in [0.717, 1.165) is 0 Å². The lowest BCUT2D eigenvalue weighted by Crippen LogP contribution is -2.13. The number of hydrogen-bond donors (Lipinski definition) is 1. The number of nitro groups is 1. The molecule has 1 amide bonds. The SMILES string of the molecule is CCOc1ccc(NC(=O)c2cc(OC)cc(OC)c2)c([N+](=O)[O-])c1. The molecule has 0 saturated carbocycles. The summed E-state index contributed by atoms with van der Waals surface area (Å²) >= 11 is 0. The van der Waals surface area contributed by atoms with Crippen LogP contribution in [-0.2, 0) is 0 Å². The summed E-state index contributed by atoms with van der Waals surface area (Å²) < 4.78 is 15.5. The second-order valence-corrected chi connectivity index (χ2v) is 4.92. The molecule has 0 atom stereocenters. The first-order valence-electron chi connectivity index (χ1n) is 7.44. The predicted molar refractivity (Wildman–Crippen MR) is 91.8 cm³/mol. The monoisotopic (exact) mass is 346 g/mol. The third kappa shape index (κ3) is 4.37. The summed E-state index contributed by atoms with van der Waals surface area (Å²) in [5.41, 5.74) is 0.0637. The molecular formula is C17H18N2O6. The number of ether oxygens (including phenoxy) is 3. The maximum atomic E-state index is 12.5. The number of nitrogens with zero attached hydrogens (tertiary/aromatic N) is 1. The Bertz CT molecular complexity index is 768. The number of carbonyl (C=O) groups excluding carboxylic acids is 1. The van der Waals surface area contributed by atoms with Crippen LogP contribution in [0.4, 0.5) is 11.4 Å². The van der Waals surface area contributed by atoms with Crippen LogP contribution in [0.3, 0.4) is 0 Å². The number of amides is 1. The Balaban J connectivity index is 2.33. The van der Waals surface area contributed by atoms with Gasteiger partial charge in [0, 0.05) is 11.6 Å². The van der Waals surface area contributed by atoms with E-state index in [4.69, 9.17) is 14.2 Å². The molecule has 0 heterocycles. The van der Waals surface area contributed by atoms with Crippen molar-refractivity contribution in [2.75, 3.05) is 26.1 Å². The Hall–Kier alpha value is -3.29. The van der Waals surface area contributed by atoms with Gasteiger partial charge in [-0.25, -0.2) is 0 Å². The largest absolute Gasteiger partial charge is 0.497 e. The Morgan fingerprint density at radius 2 is 1.72 bits per heavy atom. The minimum absolute atomic E-state index is 0.0697. The minimum atomic E-state index is -0.579. The van der Waals surface area contributed by atoms with Crippen LogP contribution in [0.15, 0.2) is 36.4 Å². The van der Waals surface area contributed by atoms with Crippen LogP contribution in [0.5, 0.6) is 17.2 Å². The smallest absolute Gasteiger partial charge is 0.296 e. The van der Waals surface area contributed by atoms with Crippen molar-refractivity contribution >= 4 is 17.3 Å². The highest BCUT2D eigenvalue weighted by Crippen LogP contribution is 2.30. The molecule has 0 bridgehead atoms. The van der Waals surface area contributed by atoms with E-state index in [1.807, 2.05) is 0 Å². The zero-order chi connectivity index (χ0) is 18.4. The van der Waals surface area contributed by atoms with Gasteiger partial charge < -0.3 is 19.5 Å². The molecule has 2 aromatic carbocycles. The van der Waals surface area contributed by atoms with E-state index >= 15 is 0 Å². The van der Waals surface area contributed by atoms with E-state index in [-0.39, 0.29) is 16.9 Å². The molecule has 0 aliphatic carbocycles. The predicted octanol–water partition coefficient (Wildman–Crippen LogP) is 3.26. The molecule has 2 rings (SSSR count). The van der Waals surface area contributed by atoms with Crippen molar-refractivity contribution in [2.24, 2.45) is 0 Å². The standard InChI is InChI=1S/C17H18N2O6/c1-4-25-12-5-6-15(16(10-12)19(21)22)18-17(20)11-7-13(23-2)9-14(8-11)24-3/h5-10H,4H2,1-3H3,(H,18,20). The molecule has 1 N–H and O–H groups in total. The van der Waals surface area contributed by atoms with Gasteiger partial charge in [-0.15, -0.1) is 0 Å². The Labute approximate surface area is 144 Å². The van der Waals surface area contributed by atoms with Gasteiger partial charge >= 0.3 is 0 Å². The molecule has 0 spiro atoms. The van der Waals surface area contributed by atoms with Gasteiger partial charge in [0.25, 0.3) is 11.6 Å². The molecule has 0 saturated heterocycles. The Morgan fingerprint density at radius 3 is 2.24 bits per heavy atom. The van der Waals surface area contributed by atoms with E-state index in [0.29, 0.717) is 23.9 Å².